The third kappa shape index (κ3) is 3.41. The third-order valence-corrected chi connectivity index (χ3v) is 5.95. The molecule has 0 radical (unpaired) electrons. The minimum Gasteiger partial charge on any atom is -0.347 e. The summed E-state index contributed by atoms with van der Waals surface area (Å²) in [7, 11) is 0. The molecule has 2 unspecified atom stereocenters. The predicted octanol–water partition coefficient (Wildman–Crippen LogP) is 4.84. The van der Waals surface area contributed by atoms with Gasteiger partial charge < -0.3 is 10.2 Å². The van der Waals surface area contributed by atoms with Crippen LogP contribution in [0.2, 0.25) is 0 Å². The first kappa shape index (κ1) is 18.7. The normalized spacial score (nSPS) is 25.6. The lowest BCUT2D eigenvalue weighted by Crippen LogP contribution is -2.35. The van der Waals surface area contributed by atoms with Crippen LogP contribution in [0, 0.1) is 27.9 Å². The molecule has 1 aromatic heterocycles. The second-order valence-electron chi connectivity index (χ2n) is 9.49. The number of nitrogens with zero attached hydrogens (tertiary/aromatic N) is 4. The molecular weight excluding hydrogens is 354 g/mol. The summed E-state index contributed by atoms with van der Waals surface area (Å²) in [5.41, 5.74) is 2.20. The highest BCUT2D eigenvalue weighted by atomic mass is 16.6. The molecule has 1 aromatic carbocycles. The van der Waals surface area contributed by atoms with Crippen molar-refractivity contribution >= 4 is 23.0 Å². The molecule has 148 valence electrons. The fraction of sp³-hybridized carbons (Fsp3) is 0.524. The van der Waals surface area contributed by atoms with Gasteiger partial charge in [0.25, 0.3) is 0 Å². The van der Waals surface area contributed by atoms with Gasteiger partial charge in [0.15, 0.2) is 0 Å². The van der Waals surface area contributed by atoms with E-state index >= 15 is 0 Å². The Kier molecular flexibility index (Phi) is 4.28. The van der Waals surface area contributed by atoms with Crippen LogP contribution < -0.4 is 10.2 Å². The highest BCUT2D eigenvalue weighted by molar-refractivity contribution is 5.75. The Hall–Kier alpha value is -2.70. The van der Waals surface area contributed by atoms with Crippen molar-refractivity contribution in [2.45, 2.75) is 53.0 Å². The molecule has 1 saturated carbocycles. The van der Waals surface area contributed by atoms with Crippen molar-refractivity contribution in [1.82, 2.24) is 9.97 Å². The van der Waals surface area contributed by atoms with Gasteiger partial charge in [0.1, 0.15) is 6.33 Å². The second kappa shape index (κ2) is 6.43. The number of nitro groups is 1. The molecule has 2 aliphatic rings. The van der Waals surface area contributed by atoms with E-state index in [4.69, 9.17) is 0 Å². The first-order chi connectivity index (χ1) is 13.2. The van der Waals surface area contributed by atoms with Crippen LogP contribution in [0.15, 0.2) is 30.6 Å². The lowest BCUT2D eigenvalue weighted by atomic mass is 9.65. The lowest BCUT2D eigenvalue weighted by molar-refractivity contribution is -0.383. The van der Waals surface area contributed by atoms with Gasteiger partial charge in [0, 0.05) is 18.3 Å². The number of aryl methyl sites for hydroxylation is 1. The standard InChI is InChI=1S/C21H27N5O2/c1-14-6-5-7-15(8-14)24-18-17(26(27)28)19(23-13-22-18)25-12-21(4)10-16(25)9-20(2,3)11-21/h5-8,13,16H,9-12H2,1-4H3,(H,22,23,24). The Labute approximate surface area is 165 Å². The number of hydrogen-bond donors (Lipinski definition) is 1. The van der Waals surface area contributed by atoms with Crippen molar-refractivity contribution in [2.75, 3.05) is 16.8 Å². The SMILES string of the molecule is Cc1cccc(Nc2ncnc(N3CC4(C)CC3CC(C)(C)C4)c2[N+](=O)[O-])c1. The van der Waals surface area contributed by atoms with Crippen LogP contribution in [-0.2, 0) is 0 Å². The fourth-order valence-corrected chi connectivity index (χ4v) is 5.41. The van der Waals surface area contributed by atoms with E-state index in [0.717, 1.165) is 37.1 Å². The van der Waals surface area contributed by atoms with Crippen LogP contribution in [0.3, 0.4) is 0 Å². The monoisotopic (exact) mass is 381 g/mol. The number of hydrogen-bond acceptors (Lipinski definition) is 6. The van der Waals surface area contributed by atoms with Gasteiger partial charge in [-0.3, -0.25) is 10.1 Å². The number of aromatic nitrogens is 2. The smallest absolute Gasteiger partial charge is 0.347 e. The summed E-state index contributed by atoms with van der Waals surface area (Å²) in [6, 6.07) is 7.99. The molecule has 0 amide bonds. The summed E-state index contributed by atoms with van der Waals surface area (Å²) < 4.78 is 0. The molecular formula is C21H27N5O2. The summed E-state index contributed by atoms with van der Waals surface area (Å²) in [6.45, 7) is 9.65. The van der Waals surface area contributed by atoms with Crippen molar-refractivity contribution in [2.24, 2.45) is 10.8 Å². The summed E-state index contributed by atoms with van der Waals surface area (Å²) in [5.74, 6) is 0.674. The van der Waals surface area contributed by atoms with Gasteiger partial charge >= 0.3 is 5.69 Å². The summed E-state index contributed by atoms with van der Waals surface area (Å²) in [6.07, 6.45) is 4.62. The quantitative estimate of drug-likeness (QED) is 0.602. The maximum absolute atomic E-state index is 12.0. The van der Waals surface area contributed by atoms with Gasteiger partial charge in [0.2, 0.25) is 11.6 Å². The number of fused-ring (bicyclic) bond motifs is 2. The Balaban J connectivity index is 1.73. The fourth-order valence-electron chi connectivity index (χ4n) is 5.41. The van der Waals surface area contributed by atoms with Crippen LogP contribution in [0.5, 0.6) is 0 Å². The van der Waals surface area contributed by atoms with Crippen LogP contribution >= 0.6 is 0 Å². The molecule has 2 fully saturated rings. The Morgan fingerprint density at radius 2 is 2.04 bits per heavy atom. The highest BCUT2D eigenvalue weighted by Gasteiger charge is 2.51. The van der Waals surface area contributed by atoms with Crippen molar-refractivity contribution < 1.29 is 4.92 Å². The summed E-state index contributed by atoms with van der Waals surface area (Å²) in [5, 5.41) is 15.1. The molecule has 7 nitrogen and oxygen atoms in total. The zero-order valence-corrected chi connectivity index (χ0v) is 16.9. The van der Waals surface area contributed by atoms with Crippen molar-refractivity contribution in [1.29, 1.82) is 0 Å². The molecule has 0 spiro atoms. The average Bonchev–Trinajstić information content (AvgIpc) is 2.83. The van der Waals surface area contributed by atoms with Gasteiger partial charge in [0.05, 0.1) is 4.92 Å². The van der Waals surface area contributed by atoms with E-state index in [-0.39, 0.29) is 33.3 Å². The second-order valence-corrected chi connectivity index (χ2v) is 9.49. The zero-order chi connectivity index (χ0) is 20.1. The van der Waals surface area contributed by atoms with Crippen LogP contribution in [0.1, 0.15) is 45.6 Å². The summed E-state index contributed by atoms with van der Waals surface area (Å²) >= 11 is 0. The van der Waals surface area contributed by atoms with Gasteiger partial charge in [-0.1, -0.05) is 32.9 Å². The van der Waals surface area contributed by atoms with Crippen molar-refractivity contribution in [3.05, 3.63) is 46.3 Å². The van der Waals surface area contributed by atoms with Gasteiger partial charge in [-0.2, -0.15) is 0 Å². The molecule has 4 rings (SSSR count). The van der Waals surface area contributed by atoms with E-state index in [9.17, 15) is 10.1 Å². The van der Waals surface area contributed by atoms with Gasteiger partial charge in [-0.05, 0) is 54.7 Å². The molecule has 1 N–H and O–H groups in total. The summed E-state index contributed by atoms with van der Waals surface area (Å²) in [4.78, 5) is 22.4. The first-order valence-electron chi connectivity index (χ1n) is 9.76. The number of rotatable bonds is 4. The molecule has 2 aromatic rings. The van der Waals surface area contributed by atoms with Gasteiger partial charge in [-0.25, -0.2) is 9.97 Å². The van der Waals surface area contributed by atoms with Crippen LogP contribution in [0.4, 0.5) is 23.0 Å². The number of anilines is 3. The van der Waals surface area contributed by atoms with E-state index in [1.807, 2.05) is 31.2 Å². The minimum absolute atomic E-state index is 0.0436. The van der Waals surface area contributed by atoms with Gasteiger partial charge in [-0.15, -0.1) is 0 Å². The maximum atomic E-state index is 12.0. The molecule has 2 bridgehead atoms. The van der Waals surface area contributed by atoms with E-state index < -0.39 is 0 Å². The lowest BCUT2D eigenvalue weighted by Gasteiger charge is -2.39. The molecule has 2 atom stereocenters. The Morgan fingerprint density at radius 1 is 1.25 bits per heavy atom. The van der Waals surface area contributed by atoms with E-state index in [0.29, 0.717) is 5.82 Å². The number of nitrogens with one attached hydrogen (secondary N) is 1. The first-order valence-corrected chi connectivity index (χ1v) is 9.76. The highest BCUT2D eigenvalue weighted by Crippen LogP contribution is 2.54. The number of benzene rings is 1. The molecule has 7 heteroatoms. The van der Waals surface area contributed by atoms with Crippen LogP contribution in [0.25, 0.3) is 0 Å². The molecule has 1 aliphatic heterocycles. The molecule has 28 heavy (non-hydrogen) atoms. The molecule has 2 heterocycles. The van der Waals surface area contributed by atoms with E-state index in [1.54, 1.807) is 0 Å². The topological polar surface area (TPSA) is 84.2 Å². The minimum atomic E-state index is -0.358. The Bertz CT molecular complexity index is 929. The van der Waals surface area contributed by atoms with E-state index in [1.165, 1.54) is 6.33 Å². The molecule has 1 aliphatic carbocycles. The van der Waals surface area contributed by atoms with Crippen LogP contribution in [-0.4, -0.2) is 27.5 Å². The molecule has 1 saturated heterocycles. The van der Waals surface area contributed by atoms with Crippen molar-refractivity contribution in [3.63, 3.8) is 0 Å². The maximum Gasteiger partial charge on any atom is 0.353 e. The predicted molar refractivity (Wildman–Crippen MR) is 110 cm³/mol. The zero-order valence-electron chi connectivity index (χ0n) is 16.9. The Morgan fingerprint density at radius 3 is 2.75 bits per heavy atom. The average molecular weight is 381 g/mol. The largest absolute Gasteiger partial charge is 0.353 e. The van der Waals surface area contributed by atoms with E-state index in [2.05, 4.69) is 41.0 Å². The van der Waals surface area contributed by atoms with Crippen molar-refractivity contribution in [3.8, 4) is 0 Å². The third-order valence-electron chi connectivity index (χ3n) is 5.95.